The molecule has 1 saturated heterocycles. The highest BCUT2D eigenvalue weighted by atomic mass is 32.1. The number of rotatable bonds is 4. The Kier molecular flexibility index (Phi) is 4.58. The molecule has 19 heavy (non-hydrogen) atoms. The quantitative estimate of drug-likeness (QED) is 0.855. The molecule has 0 aromatic heterocycles. The van der Waals surface area contributed by atoms with E-state index in [2.05, 4.69) is 30.9 Å². The van der Waals surface area contributed by atoms with E-state index < -0.39 is 0 Å². The van der Waals surface area contributed by atoms with Crippen molar-refractivity contribution in [1.82, 2.24) is 4.90 Å². The Hall–Kier alpha value is -0.930. The fourth-order valence-electron chi connectivity index (χ4n) is 2.64. The minimum Gasteiger partial charge on any atom is -0.389 e. The standard InChI is InChI=1S/C16H24N2S/c1-3-16(2)8-10-18(11-9-16)12-13-4-6-14(7-5-13)15(17)19/h4-7H,3,8-12H2,1-2H3,(H2,17,19). The maximum Gasteiger partial charge on any atom is 0.103 e. The number of hydrogen-bond donors (Lipinski definition) is 1. The van der Waals surface area contributed by atoms with Gasteiger partial charge in [-0.3, -0.25) is 4.90 Å². The summed E-state index contributed by atoms with van der Waals surface area (Å²) in [7, 11) is 0. The van der Waals surface area contributed by atoms with E-state index in [1.807, 2.05) is 12.1 Å². The van der Waals surface area contributed by atoms with E-state index in [9.17, 15) is 0 Å². The molecule has 2 rings (SSSR count). The first kappa shape index (κ1) is 14.5. The highest BCUT2D eigenvalue weighted by Crippen LogP contribution is 2.34. The minimum atomic E-state index is 0.475. The van der Waals surface area contributed by atoms with Crippen LogP contribution in [0.4, 0.5) is 0 Å². The summed E-state index contributed by atoms with van der Waals surface area (Å²) in [5.41, 5.74) is 8.48. The SMILES string of the molecule is CCC1(C)CCN(Cc2ccc(C(N)=S)cc2)CC1. The highest BCUT2D eigenvalue weighted by Gasteiger charge is 2.27. The van der Waals surface area contributed by atoms with Gasteiger partial charge in [-0.2, -0.15) is 0 Å². The molecule has 0 aliphatic carbocycles. The van der Waals surface area contributed by atoms with Crippen LogP contribution in [-0.2, 0) is 6.54 Å². The van der Waals surface area contributed by atoms with Crippen molar-refractivity contribution in [3.63, 3.8) is 0 Å². The third kappa shape index (κ3) is 3.77. The van der Waals surface area contributed by atoms with E-state index in [0.717, 1.165) is 12.1 Å². The van der Waals surface area contributed by atoms with E-state index in [0.29, 0.717) is 10.4 Å². The molecular weight excluding hydrogens is 252 g/mol. The molecule has 104 valence electrons. The Bertz CT molecular complexity index is 431. The predicted molar refractivity (Wildman–Crippen MR) is 85.2 cm³/mol. The fourth-order valence-corrected chi connectivity index (χ4v) is 2.77. The van der Waals surface area contributed by atoms with Crippen molar-refractivity contribution in [3.05, 3.63) is 35.4 Å². The van der Waals surface area contributed by atoms with Gasteiger partial charge in [0.15, 0.2) is 0 Å². The van der Waals surface area contributed by atoms with Crippen molar-refractivity contribution in [3.8, 4) is 0 Å². The molecule has 3 heteroatoms. The van der Waals surface area contributed by atoms with Gasteiger partial charge in [0.25, 0.3) is 0 Å². The Balaban J connectivity index is 1.90. The van der Waals surface area contributed by atoms with Crippen molar-refractivity contribution in [2.45, 2.75) is 39.7 Å². The smallest absolute Gasteiger partial charge is 0.103 e. The van der Waals surface area contributed by atoms with Crippen LogP contribution in [0.3, 0.4) is 0 Å². The Morgan fingerprint density at radius 2 is 1.84 bits per heavy atom. The second-order valence-corrected chi connectivity index (χ2v) is 6.44. The zero-order valence-corrected chi connectivity index (χ0v) is 12.8. The molecule has 0 radical (unpaired) electrons. The first-order chi connectivity index (χ1) is 9.02. The lowest BCUT2D eigenvalue weighted by Crippen LogP contribution is -2.37. The molecule has 1 aliphatic rings. The number of thiocarbonyl (C=S) groups is 1. The second-order valence-electron chi connectivity index (χ2n) is 6.00. The van der Waals surface area contributed by atoms with Crippen LogP contribution in [0.2, 0.25) is 0 Å². The van der Waals surface area contributed by atoms with Gasteiger partial charge < -0.3 is 5.73 Å². The van der Waals surface area contributed by atoms with Gasteiger partial charge in [0, 0.05) is 12.1 Å². The minimum absolute atomic E-state index is 0.475. The van der Waals surface area contributed by atoms with Crippen LogP contribution in [0.15, 0.2) is 24.3 Å². The summed E-state index contributed by atoms with van der Waals surface area (Å²) in [4.78, 5) is 3.02. The molecule has 1 aromatic rings. The first-order valence-corrected chi connectivity index (χ1v) is 7.54. The molecule has 0 bridgehead atoms. The second kappa shape index (κ2) is 6.02. The fraction of sp³-hybridized carbons (Fsp3) is 0.562. The van der Waals surface area contributed by atoms with Gasteiger partial charge >= 0.3 is 0 Å². The first-order valence-electron chi connectivity index (χ1n) is 7.13. The van der Waals surface area contributed by atoms with E-state index >= 15 is 0 Å². The summed E-state index contributed by atoms with van der Waals surface area (Å²) in [6.45, 7) is 8.19. The van der Waals surface area contributed by atoms with E-state index in [1.54, 1.807) is 0 Å². The Morgan fingerprint density at radius 3 is 2.32 bits per heavy atom. The molecule has 0 atom stereocenters. The van der Waals surface area contributed by atoms with Crippen LogP contribution in [0.1, 0.15) is 44.2 Å². The monoisotopic (exact) mass is 276 g/mol. The van der Waals surface area contributed by atoms with E-state index in [-0.39, 0.29) is 0 Å². The summed E-state index contributed by atoms with van der Waals surface area (Å²) in [6, 6.07) is 8.33. The highest BCUT2D eigenvalue weighted by molar-refractivity contribution is 7.80. The van der Waals surface area contributed by atoms with Gasteiger partial charge in [-0.05, 0) is 36.9 Å². The van der Waals surface area contributed by atoms with Gasteiger partial charge in [-0.25, -0.2) is 0 Å². The lowest BCUT2D eigenvalue weighted by molar-refractivity contribution is 0.109. The largest absolute Gasteiger partial charge is 0.389 e. The maximum atomic E-state index is 5.61. The molecule has 0 amide bonds. The topological polar surface area (TPSA) is 29.3 Å². The summed E-state index contributed by atoms with van der Waals surface area (Å²) in [6.07, 6.45) is 3.92. The lowest BCUT2D eigenvalue weighted by atomic mass is 9.78. The summed E-state index contributed by atoms with van der Waals surface area (Å²) >= 11 is 4.97. The number of hydrogen-bond acceptors (Lipinski definition) is 2. The molecule has 1 aliphatic heterocycles. The number of piperidine rings is 1. The van der Waals surface area contributed by atoms with Crippen molar-refractivity contribution in [2.24, 2.45) is 11.1 Å². The van der Waals surface area contributed by atoms with Gasteiger partial charge in [0.2, 0.25) is 0 Å². The number of nitrogens with two attached hydrogens (primary N) is 1. The molecule has 1 fully saturated rings. The Labute approximate surface area is 122 Å². The summed E-state index contributed by atoms with van der Waals surface area (Å²) < 4.78 is 0. The molecule has 0 saturated carbocycles. The van der Waals surface area contributed by atoms with Crippen LogP contribution in [0.5, 0.6) is 0 Å². The van der Waals surface area contributed by atoms with Crippen LogP contribution < -0.4 is 5.73 Å². The molecular formula is C16H24N2S. The Morgan fingerprint density at radius 1 is 1.26 bits per heavy atom. The molecule has 2 nitrogen and oxygen atoms in total. The molecule has 0 unspecified atom stereocenters. The number of nitrogens with zero attached hydrogens (tertiary/aromatic N) is 1. The van der Waals surface area contributed by atoms with E-state index in [1.165, 1.54) is 37.9 Å². The van der Waals surface area contributed by atoms with Gasteiger partial charge in [0.1, 0.15) is 4.99 Å². The van der Waals surface area contributed by atoms with Crippen molar-refractivity contribution < 1.29 is 0 Å². The van der Waals surface area contributed by atoms with Crippen molar-refractivity contribution in [2.75, 3.05) is 13.1 Å². The summed E-state index contributed by atoms with van der Waals surface area (Å²) in [5.74, 6) is 0. The molecule has 0 spiro atoms. The maximum absolute atomic E-state index is 5.61. The normalized spacial score (nSPS) is 19.3. The average molecular weight is 276 g/mol. The number of likely N-dealkylation sites (tertiary alicyclic amines) is 1. The van der Waals surface area contributed by atoms with Crippen molar-refractivity contribution in [1.29, 1.82) is 0 Å². The average Bonchev–Trinajstić information content (AvgIpc) is 2.42. The predicted octanol–water partition coefficient (Wildman–Crippen LogP) is 3.33. The molecule has 1 aromatic carbocycles. The van der Waals surface area contributed by atoms with Crippen molar-refractivity contribution >= 4 is 17.2 Å². The summed E-state index contributed by atoms with van der Waals surface area (Å²) in [5, 5.41) is 0. The van der Waals surface area contributed by atoms with Crippen LogP contribution in [0.25, 0.3) is 0 Å². The van der Waals surface area contributed by atoms with Crippen LogP contribution in [-0.4, -0.2) is 23.0 Å². The third-order valence-electron chi connectivity index (χ3n) is 4.56. The van der Waals surface area contributed by atoms with Gasteiger partial charge in [-0.15, -0.1) is 0 Å². The number of benzene rings is 1. The molecule has 1 heterocycles. The van der Waals surface area contributed by atoms with Crippen LogP contribution in [0, 0.1) is 5.41 Å². The lowest BCUT2D eigenvalue weighted by Gasteiger charge is -2.39. The zero-order chi connectivity index (χ0) is 13.9. The third-order valence-corrected chi connectivity index (χ3v) is 4.80. The van der Waals surface area contributed by atoms with Gasteiger partial charge in [0.05, 0.1) is 0 Å². The zero-order valence-electron chi connectivity index (χ0n) is 12.0. The van der Waals surface area contributed by atoms with Crippen LogP contribution >= 0.6 is 12.2 Å². The molecule has 2 N–H and O–H groups in total. The van der Waals surface area contributed by atoms with Gasteiger partial charge in [-0.1, -0.05) is 56.8 Å². The van der Waals surface area contributed by atoms with E-state index in [4.69, 9.17) is 18.0 Å².